The van der Waals surface area contributed by atoms with E-state index < -0.39 is 0 Å². The number of hydrogen-bond donors (Lipinski definition) is 1. The van der Waals surface area contributed by atoms with Gasteiger partial charge in [0.2, 0.25) is 11.6 Å². The Morgan fingerprint density at radius 1 is 1.13 bits per heavy atom. The van der Waals surface area contributed by atoms with Crippen LogP contribution in [0.5, 0.6) is 0 Å². The van der Waals surface area contributed by atoms with Gasteiger partial charge in [-0.05, 0) is 23.6 Å². The van der Waals surface area contributed by atoms with Gasteiger partial charge in [-0.25, -0.2) is 4.98 Å². The quantitative estimate of drug-likeness (QED) is 0.609. The summed E-state index contributed by atoms with van der Waals surface area (Å²) >= 11 is 6.08. The first-order chi connectivity index (χ1) is 15.0. The van der Waals surface area contributed by atoms with Gasteiger partial charge in [-0.3, -0.25) is 9.59 Å². The maximum absolute atomic E-state index is 13.6. The molecule has 1 aliphatic heterocycles. The largest absolute Gasteiger partial charge is 0.440 e. The number of rotatable bonds is 5. The second-order valence-electron chi connectivity index (χ2n) is 8.20. The van der Waals surface area contributed by atoms with E-state index in [2.05, 4.69) is 10.3 Å². The van der Waals surface area contributed by atoms with Crippen molar-refractivity contribution in [3.8, 4) is 0 Å². The summed E-state index contributed by atoms with van der Waals surface area (Å²) in [6.07, 6.45) is 0.833. The summed E-state index contributed by atoms with van der Waals surface area (Å²) in [6.45, 7) is 5.98. The molecule has 4 rings (SSSR count). The van der Waals surface area contributed by atoms with Crippen LogP contribution >= 0.6 is 11.6 Å². The summed E-state index contributed by atoms with van der Waals surface area (Å²) in [6, 6.07) is 12.7. The first-order valence-electron chi connectivity index (χ1n) is 10.6. The van der Waals surface area contributed by atoms with Crippen LogP contribution in [0.4, 0.5) is 0 Å². The predicted molar refractivity (Wildman–Crippen MR) is 121 cm³/mol. The average Bonchev–Trinajstić information content (AvgIpc) is 2.96. The monoisotopic (exact) mass is 439 g/mol. The standard InChI is InChI=1S/C24H26ClN3O3/c1-15(2)21(28-13-12-26-11-10-20(28)29)23-18(14-16-6-4-3-5-7-16)22(30)17-8-9-19(25)27-24(17)31-23/h3-9,15,21,26H,10-14H2,1-2H3. The molecule has 0 spiro atoms. The van der Waals surface area contributed by atoms with Gasteiger partial charge in [-0.2, -0.15) is 0 Å². The van der Waals surface area contributed by atoms with Gasteiger partial charge in [-0.1, -0.05) is 55.8 Å². The molecule has 1 N–H and O–H groups in total. The van der Waals surface area contributed by atoms with Crippen LogP contribution in [0.3, 0.4) is 0 Å². The number of pyridine rings is 1. The summed E-state index contributed by atoms with van der Waals surface area (Å²) in [7, 11) is 0. The third-order valence-corrected chi connectivity index (χ3v) is 5.88. The normalized spacial score (nSPS) is 16.0. The minimum absolute atomic E-state index is 0.0383. The molecule has 31 heavy (non-hydrogen) atoms. The number of nitrogens with one attached hydrogen (secondary N) is 1. The third-order valence-electron chi connectivity index (χ3n) is 5.67. The number of amides is 1. The van der Waals surface area contributed by atoms with Crippen molar-refractivity contribution in [2.45, 2.75) is 32.7 Å². The minimum Gasteiger partial charge on any atom is -0.440 e. The van der Waals surface area contributed by atoms with Crippen LogP contribution in [0.2, 0.25) is 5.15 Å². The Balaban J connectivity index is 1.93. The van der Waals surface area contributed by atoms with Gasteiger partial charge < -0.3 is 14.6 Å². The highest BCUT2D eigenvalue weighted by Crippen LogP contribution is 2.33. The Labute approximate surface area is 186 Å². The van der Waals surface area contributed by atoms with Crippen LogP contribution in [0.15, 0.2) is 51.7 Å². The second kappa shape index (κ2) is 9.20. The molecule has 3 heterocycles. The molecule has 1 amide bonds. The molecule has 1 unspecified atom stereocenters. The van der Waals surface area contributed by atoms with Gasteiger partial charge in [-0.15, -0.1) is 0 Å². The van der Waals surface area contributed by atoms with E-state index in [0.717, 1.165) is 5.56 Å². The van der Waals surface area contributed by atoms with Gasteiger partial charge in [0.25, 0.3) is 0 Å². The lowest BCUT2D eigenvalue weighted by molar-refractivity contribution is -0.134. The fourth-order valence-electron chi connectivity index (χ4n) is 4.20. The van der Waals surface area contributed by atoms with E-state index in [9.17, 15) is 9.59 Å². The molecule has 1 atom stereocenters. The second-order valence-corrected chi connectivity index (χ2v) is 8.59. The van der Waals surface area contributed by atoms with E-state index in [1.165, 1.54) is 0 Å². The maximum Gasteiger partial charge on any atom is 0.231 e. The highest BCUT2D eigenvalue weighted by molar-refractivity contribution is 6.29. The van der Waals surface area contributed by atoms with Crippen molar-refractivity contribution >= 4 is 28.6 Å². The number of nitrogens with zero attached hydrogens (tertiary/aromatic N) is 2. The van der Waals surface area contributed by atoms with E-state index in [0.29, 0.717) is 49.2 Å². The summed E-state index contributed by atoms with van der Waals surface area (Å²) in [5.41, 5.74) is 1.64. The Hall–Kier alpha value is -2.70. The molecule has 2 aromatic heterocycles. The Morgan fingerprint density at radius 2 is 1.90 bits per heavy atom. The molecule has 1 saturated heterocycles. The number of carbonyl (C=O) groups is 1. The summed E-state index contributed by atoms with van der Waals surface area (Å²) in [4.78, 5) is 32.6. The van der Waals surface area contributed by atoms with Crippen LogP contribution in [0.25, 0.3) is 11.1 Å². The lowest BCUT2D eigenvalue weighted by atomic mass is 9.92. The molecule has 0 aliphatic carbocycles. The van der Waals surface area contributed by atoms with Crippen molar-refractivity contribution in [3.05, 3.63) is 74.7 Å². The van der Waals surface area contributed by atoms with E-state index in [1.807, 2.05) is 49.1 Å². The Kier molecular flexibility index (Phi) is 6.39. The van der Waals surface area contributed by atoms with Crippen molar-refractivity contribution in [3.63, 3.8) is 0 Å². The van der Waals surface area contributed by atoms with Crippen LogP contribution in [0, 0.1) is 5.92 Å². The van der Waals surface area contributed by atoms with Crippen molar-refractivity contribution in [2.75, 3.05) is 19.6 Å². The molecule has 7 heteroatoms. The van der Waals surface area contributed by atoms with Gasteiger partial charge in [0, 0.05) is 38.0 Å². The highest BCUT2D eigenvalue weighted by Gasteiger charge is 2.34. The molecule has 3 aromatic rings. The van der Waals surface area contributed by atoms with Crippen molar-refractivity contribution < 1.29 is 9.21 Å². The molecular weight excluding hydrogens is 414 g/mol. The molecular formula is C24H26ClN3O3. The van der Waals surface area contributed by atoms with E-state index in [4.69, 9.17) is 16.0 Å². The zero-order valence-electron chi connectivity index (χ0n) is 17.7. The topological polar surface area (TPSA) is 75.4 Å². The summed E-state index contributed by atoms with van der Waals surface area (Å²) < 4.78 is 6.28. The highest BCUT2D eigenvalue weighted by atomic mass is 35.5. The summed E-state index contributed by atoms with van der Waals surface area (Å²) in [5, 5.41) is 3.92. The first kappa shape index (κ1) is 21.5. The zero-order chi connectivity index (χ0) is 22.0. The smallest absolute Gasteiger partial charge is 0.231 e. The van der Waals surface area contributed by atoms with E-state index in [1.54, 1.807) is 12.1 Å². The first-order valence-corrected chi connectivity index (χ1v) is 11.0. The number of carbonyl (C=O) groups excluding carboxylic acids is 1. The molecule has 1 aliphatic rings. The van der Waals surface area contributed by atoms with Crippen LogP contribution < -0.4 is 10.7 Å². The number of halogens is 1. The number of benzene rings is 1. The zero-order valence-corrected chi connectivity index (χ0v) is 18.5. The average molecular weight is 440 g/mol. The minimum atomic E-state index is -0.371. The van der Waals surface area contributed by atoms with Crippen LogP contribution in [-0.2, 0) is 11.2 Å². The SMILES string of the molecule is CC(C)C(c1oc2nc(Cl)ccc2c(=O)c1Cc1ccccc1)N1CCNCCC1=O. The lowest BCUT2D eigenvalue weighted by Gasteiger charge is -2.33. The Morgan fingerprint density at radius 3 is 2.65 bits per heavy atom. The van der Waals surface area contributed by atoms with Crippen LogP contribution in [-0.4, -0.2) is 35.4 Å². The number of hydrogen-bond acceptors (Lipinski definition) is 5. The van der Waals surface area contributed by atoms with Gasteiger partial charge in [0.05, 0.1) is 11.4 Å². The molecule has 6 nitrogen and oxygen atoms in total. The molecule has 0 radical (unpaired) electrons. The predicted octanol–water partition coefficient (Wildman–Crippen LogP) is 3.95. The van der Waals surface area contributed by atoms with Crippen molar-refractivity contribution in [2.24, 2.45) is 5.92 Å². The van der Waals surface area contributed by atoms with Gasteiger partial charge >= 0.3 is 0 Å². The molecule has 1 fully saturated rings. The fourth-order valence-corrected chi connectivity index (χ4v) is 4.34. The van der Waals surface area contributed by atoms with Gasteiger partial charge in [0.1, 0.15) is 10.9 Å². The van der Waals surface area contributed by atoms with E-state index in [-0.39, 0.29) is 34.2 Å². The molecule has 0 bridgehead atoms. The number of aromatic nitrogens is 1. The fraction of sp³-hybridized carbons (Fsp3) is 0.375. The summed E-state index contributed by atoms with van der Waals surface area (Å²) in [5.74, 6) is 0.592. The van der Waals surface area contributed by atoms with Gasteiger partial charge in [0.15, 0.2) is 5.43 Å². The third kappa shape index (κ3) is 4.50. The van der Waals surface area contributed by atoms with Crippen molar-refractivity contribution in [1.82, 2.24) is 15.2 Å². The van der Waals surface area contributed by atoms with Crippen molar-refractivity contribution in [1.29, 1.82) is 0 Å². The molecule has 1 aromatic carbocycles. The molecule has 162 valence electrons. The van der Waals surface area contributed by atoms with Crippen LogP contribution in [0.1, 0.15) is 43.2 Å². The Bertz CT molecular complexity index is 1140. The van der Waals surface area contributed by atoms with E-state index >= 15 is 0 Å². The number of fused-ring (bicyclic) bond motifs is 1. The molecule has 0 saturated carbocycles. The maximum atomic E-state index is 13.6. The lowest BCUT2D eigenvalue weighted by Crippen LogP contribution is -2.39.